The molecule has 0 aliphatic heterocycles. The molecule has 0 saturated carbocycles. The number of aryl methyl sites for hydroxylation is 1. The van der Waals surface area contributed by atoms with Crippen molar-refractivity contribution in [2.45, 2.75) is 24.2 Å². The zero-order chi connectivity index (χ0) is 22.0. The molecule has 0 bridgehead atoms. The van der Waals surface area contributed by atoms with Crippen LogP contribution in [0.3, 0.4) is 0 Å². The number of pyridine rings is 1. The summed E-state index contributed by atoms with van der Waals surface area (Å²) in [6.45, 7) is 2.15. The number of hydrogen-bond donors (Lipinski definition) is 0. The van der Waals surface area contributed by atoms with Crippen molar-refractivity contribution >= 4 is 61.3 Å². The summed E-state index contributed by atoms with van der Waals surface area (Å²) >= 11 is -2.23. The first-order valence-electron chi connectivity index (χ1n) is 11.2. The molecule has 0 unspecified atom stereocenters. The van der Waals surface area contributed by atoms with E-state index in [4.69, 9.17) is 9.40 Å². The van der Waals surface area contributed by atoms with Gasteiger partial charge in [0.05, 0.1) is 0 Å². The van der Waals surface area contributed by atoms with E-state index in [0.717, 1.165) is 38.7 Å². The van der Waals surface area contributed by atoms with Crippen LogP contribution in [0.2, 0.25) is 17.3 Å². The van der Waals surface area contributed by atoms with E-state index in [1.54, 1.807) is 0 Å². The van der Waals surface area contributed by atoms with Crippen molar-refractivity contribution < 1.29 is 4.42 Å². The summed E-state index contributed by atoms with van der Waals surface area (Å²) in [5, 5.41) is 6.23. The molecule has 6 rings (SSSR count). The molecule has 0 atom stereocenters. The fraction of sp³-hybridized carbons (Fsp3) is 0.138. The predicted octanol–water partition coefficient (Wildman–Crippen LogP) is 7.81. The Balaban J connectivity index is 1.74. The Morgan fingerprint density at radius 3 is 2.31 bits per heavy atom. The zero-order valence-corrected chi connectivity index (χ0v) is 21.0. The van der Waals surface area contributed by atoms with E-state index in [2.05, 4.69) is 90.9 Å². The van der Waals surface area contributed by atoms with Crippen LogP contribution >= 0.6 is 0 Å². The molecule has 0 N–H and O–H groups in total. The summed E-state index contributed by atoms with van der Waals surface area (Å²) in [5.41, 5.74) is 6.24. The monoisotopic (exact) mass is 477 g/mol. The van der Waals surface area contributed by atoms with Gasteiger partial charge in [0.1, 0.15) is 0 Å². The number of para-hydroxylation sites is 1. The van der Waals surface area contributed by atoms with Crippen molar-refractivity contribution in [1.29, 1.82) is 0 Å². The SMILES string of the molecule is Cc1cc(-c2c[c]([Ge]([CH3])([CH3])[CH3])c3c(ccc4ccccc43)n2)c2oc3ccccc3c2c1. The fourth-order valence-electron chi connectivity index (χ4n) is 4.90. The van der Waals surface area contributed by atoms with Crippen LogP contribution in [-0.4, -0.2) is 18.3 Å². The van der Waals surface area contributed by atoms with Crippen molar-refractivity contribution in [1.82, 2.24) is 4.98 Å². The second-order valence-corrected chi connectivity index (χ2v) is 20.3. The number of fused-ring (bicyclic) bond motifs is 6. The van der Waals surface area contributed by atoms with Crippen molar-refractivity contribution in [3.8, 4) is 11.3 Å². The van der Waals surface area contributed by atoms with Crippen LogP contribution in [0, 0.1) is 6.92 Å². The van der Waals surface area contributed by atoms with Gasteiger partial charge in [0, 0.05) is 0 Å². The third kappa shape index (κ3) is 2.97. The molecule has 0 aliphatic carbocycles. The summed E-state index contributed by atoms with van der Waals surface area (Å²) in [7, 11) is 0. The molecule has 0 aliphatic rings. The van der Waals surface area contributed by atoms with E-state index in [1.807, 2.05) is 12.1 Å². The Morgan fingerprint density at radius 1 is 0.750 bits per heavy atom. The molecular weight excluding hydrogens is 451 g/mol. The van der Waals surface area contributed by atoms with Gasteiger partial charge < -0.3 is 0 Å². The quantitative estimate of drug-likeness (QED) is 0.188. The van der Waals surface area contributed by atoms with Crippen molar-refractivity contribution in [2.24, 2.45) is 0 Å². The number of hydrogen-bond acceptors (Lipinski definition) is 2. The average Bonchev–Trinajstić information content (AvgIpc) is 3.15. The van der Waals surface area contributed by atoms with Crippen LogP contribution in [0.15, 0.2) is 83.3 Å². The second-order valence-electron chi connectivity index (χ2n) is 9.77. The first-order valence-corrected chi connectivity index (χ1v) is 18.5. The van der Waals surface area contributed by atoms with E-state index >= 15 is 0 Å². The van der Waals surface area contributed by atoms with Gasteiger partial charge in [0.2, 0.25) is 0 Å². The van der Waals surface area contributed by atoms with Gasteiger partial charge in [-0.1, -0.05) is 0 Å². The summed E-state index contributed by atoms with van der Waals surface area (Å²) < 4.78 is 7.87. The molecule has 0 spiro atoms. The van der Waals surface area contributed by atoms with Gasteiger partial charge in [-0.15, -0.1) is 0 Å². The predicted molar refractivity (Wildman–Crippen MR) is 140 cm³/mol. The number of aromatic nitrogens is 1. The minimum absolute atomic E-state index is 0.926. The van der Waals surface area contributed by atoms with Gasteiger partial charge in [0.15, 0.2) is 0 Å². The molecule has 0 fully saturated rings. The summed E-state index contributed by atoms with van der Waals surface area (Å²) in [6.07, 6.45) is 0. The van der Waals surface area contributed by atoms with E-state index in [-0.39, 0.29) is 0 Å². The Morgan fingerprint density at radius 2 is 1.50 bits per heavy atom. The van der Waals surface area contributed by atoms with Crippen molar-refractivity contribution in [2.75, 3.05) is 0 Å². The molecule has 0 saturated heterocycles. The third-order valence-electron chi connectivity index (χ3n) is 6.40. The van der Waals surface area contributed by atoms with Gasteiger partial charge in [-0.25, -0.2) is 0 Å². The number of benzene rings is 4. The van der Waals surface area contributed by atoms with Gasteiger partial charge in [-0.2, -0.15) is 0 Å². The molecule has 2 nitrogen and oxygen atoms in total. The van der Waals surface area contributed by atoms with Crippen LogP contribution < -0.4 is 4.40 Å². The molecular formula is C29H25GeNO. The Kier molecular flexibility index (Phi) is 4.25. The Bertz CT molecular complexity index is 1670. The van der Waals surface area contributed by atoms with E-state index in [0.29, 0.717) is 0 Å². The van der Waals surface area contributed by atoms with Crippen molar-refractivity contribution in [3.05, 3.63) is 84.4 Å². The van der Waals surface area contributed by atoms with Crippen LogP contribution in [0.5, 0.6) is 0 Å². The summed E-state index contributed by atoms with van der Waals surface area (Å²) in [4.78, 5) is 5.20. The number of rotatable bonds is 2. The Labute approximate surface area is 190 Å². The number of furan rings is 1. The van der Waals surface area contributed by atoms with E-state index < -0.39 is 13.3 Å². The molecule has 156 valence electrons. The van der Waals surface area contributed by atoms with E-state index in [9.17, 15) is 0 Å². The van der Waals surface area contributed by atoms with Crippen LogP contribution in [0.25, 0.3) is 54.9 Å². The maximum absolute atomic E-state index is 6.38. The zero-order valence-electron chi connectivity index (χ0n) is 18.9. The van der Waals surface area contributed by atoms with Crippen LogP contribution in [-0.2, 0) is 0 Å². The van der Waals surface area contributed by atoms with E-state index in [1.165, 1.54) is 26.1 Å². The molecule has 4 aromatic carbocycles. The molecule has 0 amide bonds. The normalized spacial score (nSPS) is 12.4. The Hall–Kier alpha value is -3.11. The van der Waals surface area contributed by atoms with Gasteiger partial charge >= 0.3 is 191 Å². The standard InChI is InChI=1S/C29H25GeNO/c1-18-15-22-21-11-7-8-12-27(21)32-29(22)23(16-18)26-17-24(30(2,3)4)28-20-10-6-5-9-19(20)13-14-25(28)31-26/h5-17H,1-4H3. The summed E-state index contributed by atoms with van der Waals surface area (Å²) in [5.74, 6) is 7.40. The number of nitrogens with zero attached hydrogens (tertiary/aromatic N) is 1. The first kappa shape index (κ1) is 19.6. The van der Waals surface area contributed by atoms with Crippen LogP contribution in [0.1, 0.15) is 5.56 Å². The third-order valence-corrected chi connectivity index (χ3v) is 10.6. The molecule has 32 heavy (non-hydrogen) atoms. The summed E-state index contributed by atoms with van der Waals surface area (Å²) in [6, 6.07) is 28.1. The van der Waals surface area contributed by atoms with Crippen molar-refractivity contribution in [3.63, 3.8) is 0 Å². The molecule has 6 aromatic rings. The topological polar surface area (TPSA) is 26.0 Å². The van der Waals surface area contributed by atoms with Gasteiger partial charge in [-0.3, -0.25) is 0 Å². The molecule has 2 heterocycles. The second kappa shape index (κ2) is 6.95. The van der Waals surface area contributed by atoms with Gasteiger partial charge in [0.25, 0.3) is 0 Å². The van der Waals surface area contributed by atoms with Gasteiger partial charge in [-0.05, 0) is 0 Å². The molecule has 0 radical (unpaired) electrons. The fourth-order valence-corrected chi connectivity index (χ4v) is 8.22. The average molecular weight is 476 g/mol. The van der Waals surface area contributed by atoms with Crippen LogP contribution in [0.4, 0.5) is 0 Å². The maximum atomic E-state index is 6.38. The first-order chi connectivity index (χ1) is 15.4. The molecule has 3 heteroatoms. The molecule has 2 aromatic heterocycles. The minimum atomic E-state index is -2.23.